The molecule has 2 fully saturated rings. The molecule has 94 valence electrons. The first-order chi connectivity index (χ1) is 7.77. The Morgan fingerprint density at radius 3 is 2.50 bits per heavy atom. The fraction of sp³-hybridized carbons (Fsp3) is 1.00. The van der Waals surface area contributed by atoms with Crippen LogP contribution in [0.3, 0.4) is 0 Å². The zero-order valence-electron chi connectivity index (χ0n) is 10.7. The van der Waals surface area contributed by atoms with Crippen LogP contribution in [0.1, 0.15) is 58.3 Å². The van der Waals surface area contributed by atoms with Gasteiger partial charge >= 0.3 is 0 Å². The summed E-state index contributed by atoms with van der Waals surface area (Å²) in [5.74, 6) is 1.05. The molecule has 0 radical (unpaired) electrons. The maximum atomic E-state index is 11.0. The van der Waals surface area contributed by atoms with Gasteiger partial charge in [0, 0.05) is 12.5 Å². The van der Waals surface area contributed by atoms with Gasteiger partial charge in [0.25, 0.3) is 0 Å². The maximum absolute atomic E-state index is 11.0. The summed E-state index contributed by atoms with van der Waals surface area (Å²) < 4.78 is 0. The Hall–Kier alpha value is -0.0800. The second-order valence-corrected chi connectivity index (χ2v) is 5.74. The van der Waals surface area contributed by atoms with E-state index in [0.29, 0.717) is 11.8 Å². The van der Waals surface area contributed by atoms with Gasteiger partial charge in [-0.3, -0.25) is 0 Å². The first-order valence-electron chi connectivity index (χ1n) is 7.20. The Morgan fingerprint density at radius 1 is 1.19 bits per heavy atom. The number of nitrogens with one attached hydrogen (secondary N) is 1. The molecule has 0 spiro atoms. The van der Waals surface area contributed by atoms with Gasteiger partial charge in [-0.05, 0) is 38.1 Å². The van der Waals surface area contributed by atoms with Crippen LogP contribution in [0.25, 0.3) is 0 Å². The molecule has 0 bridgehead atoms. The van der Waals surface area contributed by atoms with Gasteiger partial charge < -0.3 is 10.4 Å². The molecule has 0 amide bonds. The molecule has 2 atom stereocenters. The summed E-state index contributed by atoms with van der Waals surface area (Å²) in [4.78, 5) is 0. The van der Waals surface area contributed by atoms with Crippen molar-refractivity contribution < 1.29 is 5.11 Å². The lowest BCUT2D eigenvalue weighted by Crippen LogP contribution is -2.54. The maximum Gasteiger partial charge on any atom is 0.0727 e. The molecule has 2 heteroatoms. The largest absolute Gasteiger partial charge is 0.389 e. The van der Waals surface area contributed by atoms with E-state index in [1.165, 1.54) is 38.5 Å². The number of aliphatic hydroxyl groups is 1. The minimum atomic E-state index is -0.357. The van der Waals surface area contributed by atoms with Gasteiger partial charge in [-0.15, -0.1) is 0 Å². The first-order valence-corrected chi connectivity index (χ1v) is 7.20. The molecule has 1 aliphatic carbocycles. The highest BCUT2D eigenvalue weighted by molar-refractivity contribution is 4.96. The van der Waals surface area contributed by atoms with E-state index in [1.54, 1.807) is 0 Å². The highest BCUT2D eigenvalue weighted by Crippen LogP contribution is 2.40. The van der Waals surface area contributed by atoms with E-state index < -0.39 is 0 Å². The van der Waals surface area contributed by atoms with Crippen LogP contribution >= 0.6 is 0 Å². The molecule has 2 unspecified atom stereocenters. The standard InChI is InChI=1S/C14H27NO/c1-2-12-11-15-10-9-14(12,16)13-7-5-3-4-6-8-13/h12-13,15-16H,2-11H2,1H3. The quantitative estimate of drug-likeness (QED) is 0.708. The van der Waals surface area contributed by atoms with Crippen molar-refractivity contribution in [1.82, 2.24) is 5.32 Å². The minimum Gasteiger partial charge on any atom is -0.389 e. The molecule has 0 aromatic heterocycles. The van der Waals surface area contributed by atoms with E-state index in [0.717, 1.165) is 25.9 Å². The van der Waals surface area contributed by atoms with Crippen LogP contribution in [0, 0.1) is 11.8 Å². The van der Waals surface area contributed by atoms with Gasteiger partial charge in [-0.1, -0.05) is 32.6 Å². The summed E-state index contributed by atoms with van der Waals surface area (Å²) in [6, 6.07) is 0. The van der Waals surface area contributed by atoms with Crippen molar-refractivity contribution in [2.24, 2.45) is 11.8 Å². The number of rotatable bonds is 2. The van der Waals surface area contributed by atoms with Crippen molar-refractivity contribution in [2.75, 3.05) is 13.1 Å². The van der Waals surface area contributed by atoms with Gasteiger partial charge in [0.2, 0.25) is 0 Å². The van der Waals surface area contributed by atoms with Crippen molar-refractivity contribution in [3.8, 4) is 0 Å². The van der Waals surface area contributed by atoms with Gasteiger partial charge in [-0.2, -0.15) is 0 Å². The fourth-order valence-electron chi connectivity index (χ4n) is 3.76. The fourth-order valence-corrected chi connectivity index (χ4v) is 3.76. The smallest absolute Gasteiger partial charge is 0.0727 e. The van der Waals surface area contributed by atoms with E-state index >= 15 is 0 Å². The first kappa shape index (κ1) is 12.4. The van der Waals surface area contributed by atoms with Crippen molar-refractivity contribution >= 4 is 0 Å². The highest BCUT2D eigenvalue weighted by Gasteiger charge is 2.43. The average molecular weight is 225 g/mol. The Balaban J connectivity index is 2.07. The molecule has 2 aliphatic rings. The third kappa shape index (κ3) is 2.43. The van der Waals surface area contributed by atoms with Crippen LogP contribution in [-0.2, 0) is 0 Å². The average Bonchev–Trinajstić information content (AvgIpc) is 2.58. The SMILES string of the molecule is CCC1CNCCC1(O)C1CCCCCC1. The van der Waals surface area contributed by atoms with E-state index in [4.69, 9.17) is 0 Å². The normalized spacial score (nSPS) is 38.2. The second kappa shape index (κ2) is 5.50. The molecule has 0 aromatic carbocycles. The lowest BCUT2D eigenvalue weighted by Gasteiger charge is -2.45. The third-order valence-electron chi connectivity index (χ3n) is 4.85. The van der Waals surface area contributed by atoms with Crippen molar-refractivity contribution in [1.29, 1.82) is 0 Å². The summed E-state index contributed by atoms with van der Waals surface area (Å²) in [5, 5.41) is 14.5. The van der Waals surface area contributed by atoms with Gasteiger partial charge in [0.05, 0.1) is 5.60 Å². The number of hydrogen-bond donors (Lipinski definition) is 2. The van der Waals surface area contributed by atoms with Crippen LogP contribution in [0.5, 0.6) is 0 Å². The molecule has 2 N–H and O–H groups in total. The van der Waals surface area contributed by atoms with Crippen LogP contribution < -0.4 is 5.32 Å². The molecular weight excluding hydrogens is 198 g/mol. The molecule has 1 saturated carbocycles. The molecule has 2 nitrogen and oxygen atoms in total. The number of hydrogen-bond acceptors (Lipinski definition) is 2. The van der Waals surface area contributed by atoms with E-state index in [2.05, 4.69) is 12.2 Å². The van der Waals surface area contributed by atoms with Gasteiger partial charge in [-0.25, -0.2) is 0 Å². The Bertz CT molecular complexity index is 211. The Kier molecular flexibility index (Phi) is 4.26. The predicted octanol–water partition coefficient (Wildman–Crippen LogP) is 2.71. The summed E-state index contributed by atoms with van der Waals surface area (Å²) >= 11 is 0. The molecule has 1 saturated heterocycles. The van der Waals surface area contributed by atoms with E-state index in [1.807, 2.05) is 0 Å². The monoisotopic (exact) mass is 225 g/mol. The highest BCUT2D eigenvalue weighted by atomic mass is 16.3. The zero-order chi connectivity index (χ0) is 11.4. The Labute approximate surface area is 99.8 Å². The number of piperidine rings is 1. The van der Waals surface area contributed by atoms with Crippen molar-refractivity contribution in [3.05, 3.63) is 0 Å². The van der Waals surface area contributed by atoms with Crippen molar-refractivity contribution in [2.45, 2.75) is 63.9 Å². The van der Waals surface area contributed by atoms with E-state index in [9.17, 15) is 5.11 Å². The molecule has 1 aliphatic heterocycles. The van der Waals surface area contributed by atoms with E-state index in [-0.39, 0.29) is 5.60 Å². The molecular formula is C14H27NO. The van der Waals surface area contributed by atoms with Crippen LogP contribution in [0.4, 0.5) is 0 Å². The van der Waals surface area contributed by atoms with Gasteiger partial charge in [0.1, 0.15) is 0 Å². The molecule has 1 heterocycles. The molecule has 2 rings (SSSR count). The van der Waals surface area contributed by atoms with Crippen molar-refractivity contribution in [3.63, 3.8) is 0 Å². The summed E-state index contributed by atoms with van der Waals surface area (Å²) in [6.45, 7) is 4.24. The molecule has 0 aromatic rings. The lowest BCUT2D eigenvalue weighted by molar-refractivity contribution is -0.0937. The minimum absolute atomic E-state index is 0.357. The van der Waals surface area contributed by atoms with Gasteiger partial charge in [0.15, 0.2) is 0 Å². The summed E-state index contributed by atoms with van der Waals surface area (Å²) in [5.41, 5.74) is -0.357. The summed E-state index contributed by atoms with van der Waals surface area (Å²) in [6.07, 6.45) is 10.0. The topological polar surface area (TPSA) is 32.3 Å². The predicted molar refractivity (Wildman–Crippen MR) is 67.4 cm³/mol. The molecule has 16 heavy (non-hydrogen) atoms. The van der Waals surface area contributed by atoms with Crippen LogP contribution in [0.2, 0.25) is 0 Å². The summed E-state index contributed by atoms with van der Waals surface area (Å²) in [7, 11) is 0. The lowest BCUT2D eigenvalue weighted by atomic mass is 9.69. The van der Waals surface area contributed by atoms with Crippen LogP contribution in [0.15, 0.2) is 0 Å². The second-order valence-electron chi connectivity index (χ2n) is 5.74. The zero-order valence-corrected chi connectivity index (χ0v) is 10.7. The Morgan fingerprint density at radius 2 is 1.88 bits per heavy atom. The third-order valence-corrected chi connectivity index (χ3v) is 4.85. The van der Waals surface area contributed by atoms with Crippen LogP contribution in [-0.4, -0.2) is 23.8 Å².